The molecule has 5 aliphatic rings. The number of pyridine rings is 1. The van der Waals surface area contributed by atoms with Crippen LogP contribution >= 0.6 is 0 Å². The zero-order chi connectivity index (χ0) is 24.2. The third-order valence-corrected chi connectivity index (χ3v) is 8.16. The van der Waals surface area contributed by atoms with E-state index in [1.54, 1.807) is 6.21 Å². The van der Waals surface area contributed by atoms with E-state index in [-0.39, 0.29) is 29.9 Å². The monoisotopic (exact) mass is 479 g/mol. The van der Waals surface area contributed by atoms with Gasteiger partial charge >= 0.3 is 0 Å². The summed E-state index contributed by atoms with van der Waals surface area (Å²) in [5.74, 6) is 6.51. The molecular formula is C26H33N5O4. The van der Waals surface area contributed by atoms with Gasteiger partial charge in [-0.15, -0.1) is 0 Å². The molecule has 4 fully saturated rings. The fourth-order valence-electron chi connectivity index (χ4n) is 6.39. The van der Waals surface area contributed by atoms with E-state index in [1.165, 1.54) is 11.1 Å². The Bertz CT molecular complexity index is 1210. The molecule has 1 aliphatic carbocycles. The number of aliphatic imine (C=N–C) groups is 1. The van der Waals surface area contributed by atoms with Crippen molar-refractivity contribution in [1.29, 1.82) is 0 Å². The number of hydrazone groups is 1. The van der Waals surface area contributed by atoms with Crippen molar-refractivity contribution < 1.29 is 19.3 Å². The number of hydrogen-bond donors (Lipinski definition) is 2. The van der Waals surface area contributed by atoms with Crippen molar-refractivity contribution >= 4 is 22.8 Å². The first-order valence-electron chi connectivity index (χ1n) is 12.4. The molecule has 9 heteroatoms. The zero-order valence-electron chi connectivity index (χ0n) is 20.4. The predicted molar refractivity (Wildman–Crippen MR) is 133 cm³/mol. The third kappa shape index (κ3) is 3.81. The van der Waals surface area contributed by atoms with Crippen LogP contribution in [0.3, 0.4) is 0 Å². The Labute approximate surface area is 205 Å². The molecule has 0 amide bonds. The number of nitrogens with two attached hydrogens (primary N) is 1. The minimum Gasteiger partial charge on any atom is -0.484 e. The van der Waals surface area contributed by atoms with Gasteiger partial charge in [0, 0.05) is 41.5 Å². The quantitative estimate of drug-likeness (QED) is 0.368. The molecule has 1 aromatic heterocycles. The summed E-state index contributed by atoms with van der Waals surface area (Å²) in [5, 5.41) is 14.6. The molecule has 1 aromatic carbocycles. The highest BCUT2D eigenvalue weighted by molar-refractivity contribution is 6.32. The number of hydrogen-bond acceptors (Lipinski definition) is 9. The number of nitrogens with zero attached hydrogens (tertiary/aromatic N) is 4. The maximum Gasteiger partial charge on any atom is 0.141 e. The van der Waals surface area contributed by atoms with Crippen LogP contribution in [0.2, 0.25) is 0 Å². The van der Waals surface area contributed by atoms with Crippen molar-refractivity contribution in [3.8, 4) is 5.75 Å². The van der Waals surface area contributed by atoms with E-state index in [2.05, 4.69) is 16.1 Å². The Morgan fingerprint density at radius 2 is 2.26 bits per heavy atom. The maximum atomic E-state index is 9.46. The Kier molecular flexibility index (Phi) is 5.56. The van der Waals surface area contributed by atoms with Crippen molar-refractivity contribution in [1.82, 2.24) is 9.88 Å². The van der Waals surface area contributed by atoms with Crippen LogP contribution < -0.4 is 10.6 Å². The van der Waals surface area contributed by atoms with E-state index in [1.807, 2.05) is 26.0 Å². The Morgan fingerprint density at radius 3 is 3.06 bits per heavy atom. The summed E-state index contributed by atoms with van der Waals surface area (Å²) in [5.41, 5.74) is 5.04. The van der Waals surface area contributed by atoms with Gasteiger partial charge in [0.1, 0.15) is 17.6 Å². The molecule has 2 aromatic rings. The van der Waals surface area contributed by atoms with Crippen LogP contribution in [0.5, 0.6) is 5.75 Å². The highest BCUT2D eigenvalue weighted by Crippen LogP contribution is 2.57. The summed E-state index contributed by atoms with van der Waals surface area (Å²) in [4.78, 5) is 12.1. The van der Waals surface area contributed by atoms with Gasteiger partial charge in [0.25, 0.3) is 0 Å². The van der Waals surface area contributed by atoms with Gasteiger partial charge < -0.3 is 25.2 Å². The molecule has 5 heterocycles. The van der Waals surface area contributed by atoms with Crippen LogP contribution in [-0.4, -0.2) is 83.1 Å². The van der Waals surface area contributed by atoms with Gasteiger partial charge in [-0.3, -0.25) is 14.9 Å². The summed E-state index contributed by atoms with van der Waals surface area (Å²) in [6.07, 6.45) is 4.14. The van der Waals surface area contributed by atoms with Crippen LogP contribution in [-0.2, 0) is 22.5 Å². The largest absolute Gasteiger partial charge is 0.484 e. The molecule has 35 heavy (non-hydrogen) atoms. The molecular weight excluding hydrogens is 446 g/mol. The van der Waals surface area contributed by atoms with Crippen LogP contribution in [0.25, 0.3) is 10.9 Å². The summed E-state index contributed by atoms with van der Waals surface area (Å²) in [7, 11) is 0. The first-order valence-corrected chi connectivity index (χ1v) is 12.4. The van der Waals surface area contributed by atoms with Crippen LogP contribution in [0.1, 0.15) is 36.6 Å². The highest BCUT2D eigenvalue weighted by atomic mass is 16.5. The Balaban J connectivity index is 1.17. The topological polar surface area (TPSA) is 115 Å². The molecule has 2 bridgehead atoms. The van der Waals surface area contributed by atoms with Crippen LogP contribution in [0.15, 0.2) is 28.3 Å². The number of ether oxygens (including phenoxy) is 3. The van der Waals surface area contributed by atoms with E-state index in [0.717, 1.165) is 61.3 Å². The van der Waals surface area contributed by atoms with Gasteiger partial charge in [-0.2, -0.15) is 5.10 Å². The Morgan fingerprint density at radius 1 is 1.40 bits per heavy atom. The number of aromatic nitrogens is 1. The lowest BCUT2D eigenvalue weighted by atomic mass is 9.68. The third-order valence-electron chi connectivity index (χ3n) is 8.16. The van der Waals surface area contributed by atoms with Gasteiger partial charge in [0.2, 0.25) is 0 Å². The molecule has 7 rings (SSSR count). The summed E-state index contributed by atoms with van der Waals surface area (Å²) in [6.45, 7) is 7.68. The van der Waals surface area contributed by atoms with Gasteiger partial charge in [0.05, 0.1) is 43.6 Å². The second kappa shape index (κ2) is 8.51. The van der Waals surface area contributed by atoms with Crippen molar-refractivity contribution in [2.75, 3.05) is 32.9 Å². The molecule has 1 spiro atoms. The number of morpholine rings is 1. The standard InChI is InChI=1S/C26H33N5O4/c1-16-22-11-33-6-5-20(22)21-7-18(3-4-23(21)29-16)35-17(2)24(30-27)8-28-25-12-26(13-25)15-34-19(10-32)9-31(26)14-25/h3-4,7-8,17,19,32H,5-6,9-15,27H2,1-2H3/b28-8?,30-24+. The van der Waals surface area contributed by atoms with Crippen molar-refractivity contribution in [3.05, 3.63) is 35.0 Å². The fourth-order valence-corrected chi connectivity index (χ4v) is 6.39. The molecule has 9 nitrogen and oxygen atoms in total. The molecule has 3 N–H and O–H groups in total. The number of benzene rings is 1. The van der Waals surface area contributed by atoms with Crippen molar-refractivity contribution in [3.63, 3.8) is 0 Å². The highest BCUT2D eigenvalue weighted by Gasteiger charge is 2.66. The summed E-state index contributed by atoms with van der Waals surface area (Å²) < 4.78 is 17.7. The minimum atomic E-state index is -0.352. The first-order chi connectivity index (χ1) is 16.9. The number of aryl methyl sites for hydroxylation is 1. The van der Waals surface area contributed by atoms with Gasteiger partial charge in [0.15, 0.2) is 0 Å². The Hall–Kier alpha value is -2.59. The summed E-state index contributed by atoms with van der Waals surface area (Å²) >= 11 is 0. The predicted octanol–water partition coefficient (Wildman–Crippen LogP) is 1.75. The molecule has 3 saturated heterocycles. The van der Waals surface area contributed by atoms with Crippen molar-refractivity contribution in [2.24, 2.45) is 15.9 Å². The summed E-state index contributed by atoms with van der Waals surface area (Å²) in [6, 6.07) is 6.02. The van der Waals surface area contributed by atoms with E-state index in [0.29, 0.717) is 18.9 Å². The lowest BCUT2D eigenvalue weighted by molar-refractivity contribution is -0.118. The molecule has 186 valence electrons. The normalized spacial score (nSPS) is 31.3. The number of aliphatic hydroxyl groups excluding tert-OH is 1. The zero-order valence-corrected chi connectivity index (χ0v) is 20.4. The second-order valence-corrected chi connectivity index (χ2v) is 10.5. The van der Waals surface area contributed by atoms with Gasteiger partial charge in [-0.1, -0.05) is 0 Å². The molecule has 1 saturated carbocycles. The first kappa shape index (κ1) is 22.8. The van der Waals surface area contributed by atoms with Crippen molar-refractivity contribution in [2.45, 2.75) is 63.0 Å². The molecule has 2 unspecified atom stereocenters. The van der Waals surface area contributed by atoms with E-state index >= 15 is 0 Å². The smallest absolute Gasteiger partial charge is 0.141 e. The van der Waals surface area contributed by atoms with Crippen LogP contribution in [0, 0.1) is 6.92 Å². The average molecular weight is 480 g/mol. The van der Waals surface area contributed by atoms with Gasteiger partial charge in [-0.05, 0) is 56.9 Å². The second-order valence-electron chi connectivity index (χ2n) is 10.5. The number of aliphatic hydroxyl groups is 1. The maximum absolute atomic E-state index is 9.46. The molecule has 0 radical (unpaired) electrons. The number of rotatable bonds is 6. The molecule has 4 aliphatic heterocycles. The van der Waals surface area contributed by atoms with E-state index in [4.69, 9.17) is 30.0 Å². The van der Waals surface area contributed by atoms with E-state index in [9.17, 15) is 5.11 Å². The molecule has 2 atom stereocenters. The minimum absolute atomic E-state index is 0.0582. The van der Waals surface area contributed by atoms with E-state index < -0.39 is 0 Å². The fraction of sp³-hybridized carbons (Fsp3) is 0.577. The number of fused-ring (bicyclic) bond motifs is 3. The lowest BCUT2D eigenvalue weighted by Crippen LogP contribution is -2.60. The SMILES string of the molecule is Cc1nc2ccc(OC(C)/C(C=NC34CN5CC(CO)OCC5(C3)C4)=N/N)cc2c2c1COCC2. The van der Waals surface area contributed by atoms with Crippen LogP contribution in [0.4, 0.5) is 0 Å². The average Bonchev–Trinajstić information content (AvgIpc) is 3.35. The lowest BCUT2D eigenvalue weighted by Gasteiger charge is -2.49. The van der Waals surface area contributed by atoms with Gasteiger partial charge in [-0.25, -0.2) is 0 Å².